The lowest BCUT2D eigenvalue weighted by molar-refractivity contribution is 0.510. The zero-order valence-corrected chi connectivity index (χ0v) is 5.70. The van der Waals surface area contributed by atoms with Crippen LogP contribution in [0.25, 0.3) is 0 Å². The minimum Gasteiger partial charge on any atom is -0.191 e. The Labute approximate surface area is 61.7 Å². The van der Waals surface area contributed by atoms with E-state index in [4.69, 9.17) is 11.6 Å². The first-order chi connectivity index (χ1) is 4.72. The van der Waals surface area contributed by atoms with Gasteiger partial charge in [-0.05, 0) is 17.7 Å². The van der Waals surface area contributed by atoms with Gasteiger partial charge in [0.1, 0.15) is 0 Å². The number of nitrogens with zero attached hydrogens (tertiary/aromatic N) is 1. The Balaban J connectivity index is 3.06. The van der Waals surface area contributed by atoms with Crippen LogP contribution in [0.3, 0.4) is 0 Å². The topological polar surface area (TPSA) is 12.9 Å². The second-order valence-corrected chi connectivity index (χ2v) is 2.02. The zero-order chi connectivity index (χ0) is 7.56. The van der Waals surface area contributed by atoms with Gasteiger partial charge in [-0.15, -0.1) is 11.6 Å². The van der Waals surface area contributed by atoms with E-state index in [2.05, 4.69) is 4.98 Å². The van der Waals surface area contributed by atoms with Crippen LogP contribution in [0.2, 0.25) is 0 Å². The van der Waals surface area contributed by atoms with Crippen LogP contribution in [0, 0.1) is 11.9 Å². The fourth-order valence-electron chi connectivity index (χ4n) is 0.591. The van der Waals surface area contributed by atoms with E-state index in [1.54, 1.807) is 0 Å². The van der Waals surface area contributed by atoms with E-state index >= 15 is 0 Å². The van der Waals surface area contributed by atoms with Crippen molar-refractivity contribution in [2.45, 2.75) is 5.88 Å². The molecule has 0 saturated carbocycles. The summed E-state index contributed by atoms with van der Waals surface area (Å²) in [4.78, 5) is 2.89. The molecule has 0 fully saturated rings. The maximum Gasteiger partial charge on any atom is 0.215 e. The standard InChI is InChI=1S/C6H4ClF2N/c7-3-4-1-5(8)10-6(9)2-4/h1-2H,3H2. The third-order valence-electron chi connectivity index (χ3n) is 0.977. The highest BCUT2D eigenvalue weighted by Crippen LogP contribution is 2.06. The molecule has 0 aliphatic carbocycles. The predicted molar refractivity (Wildman–Crippen MR) is 33.7 cm³/mol. The third kappa shape index (κ3) is 1.64. The van der Waals surface area contributed by atoms with E-state index < -0.39 is 11.9 Å². The smallest absolute Gasteiger partial charge is 0.191 e. The summed E-state index contributed by atoms with van der Waals surface area (Å²) in [6.45, 7) is 0. The summed E-state index contributed by atoms with van der Waals surface area (Å²) >= 11 is 5.31. The fourth-order valence-corrected chi connectivity index (χ4v) is 0.746. The molecule has 0 atom stereocenters. The number of alkyl halides is 1. The number of rotatable bonds is 1. The molecule has 54 valence electrons. The average molecular weight is 164 g/mol. The van der Waals surface area contributed by atoms with Crippen LogP contribution < -0.4 is 0 Å². The van der Waals surface area contributed by atoms with E-state index in [0.29, 0.717) is 5.56 Å². The Morgan fingerprint density at radius 3 is 2.20 bits per heavy atom. The molecule has 0 bridgehead atoms. The minimum absolute atomic E-state index is 0.0936. The van der Waals surface area contributed by atoms with Gasteiger partial charge < -0.3 is 0 Å². The van der Waals surface area contributed by atoms with Crippen LogP contribution in [-0.2, 0) is 5.88 Å². The Kier molecular flexibility index (Phi) is 2.17. The largest absolute Gasteiger partial charge is 0.215 e. The van der Waals surface area contributed by atoms with Crippen molar-refractivity contribution in [2.75, 3.05) is 0 Å². The number of hydrogen-bond donors (Lipinski definition) is 0. The summed E-state index contributed by atoms with van der Waals surface area (Å²) in [6.07, 6.45) is 0. The minimum atomic E-state index is -0.837. The van der Waals surface area contributed by atoms with E-state index in [1.165, 1.54) is 0 Å². The molecule has 1 heterocycles. The Morgan fingerprint density at radius 2 is 1.80 bits per heavy atom. The quantitative estimate of drug-likeness (QED) is 0.456. The van der Waals surface area contributed by atoms with Crippen LogP contribution in [-0.4, -0.2) is 4.98 Å². The Hall–Kier alpha value is -0.700. The summed E-state index contributed by atoms with van der Waals surface area (Å²) in [7, 11) is 0. The molecule has 1 aromatic rings. The highest BCUT2D eigenvalue weighted by Gasteiger charge is 1.99. The first-order valence-corrected chi connectivity index (χ1v) is 3.14. The molecule has 0 N–H and O–H groups in total. The Bertz CT molecular complexity index is 219. The van der Waals surface area contributed by atoms with Crippen molar-refractivity contribution in [2.24, 2.45) is 0 Å². The SMILES string of the molecule is Fc1cc(CCl)cc(F)n1. The molecule has 0 aromatic carbocycles. The summed E-state index contributed by atoms with van der Waals surface area (Å²) in [5, 5.41) is 0. The molecule has 0 amide bonds. The van der Waals surface area contributed by atoms with Gasteiger partial charge in [0.05, 0.1) is 0 Å². The van der Waals surface area contributed by atoms with Crippen molar-refractivity contribution in [3.8, 4) is 0 Å². The van der Waals surface area contributed by atoms with Gasteiger partial charge in [-0.2, -0.15) is 13.8 Å². The number of aromatic nitrogens is 1. The van der Waals surface area contributed by atoms with Gasteiger partial charge in [-0.1, -0.05) is 0 Å². The Morgan fingerprint density at radius 1 is 1.30 bits per heavy atom. The summed E-state index contributed by atoms with van der Waals surface area (Å²) < 4.78 is 24.4. The molecule has 0 saturated heterocycles. The van der Waals surface area contributed by atoms with E-state index in [0.717, 1.165) is 12.1 Å². The molecule has 10 heavy (non-hydrogen) atoms. The van der Waals surface area contributed by atoms with Gasteiger partial charge >= 0.3 is 0 Å². The van der Waals surface area contributed by atoms with Gasteiger partial charge in [0.15, 0.2) is 0 Å². The molecule has 0 unspecified atom stereocenters. The lowest BCUT2D eigenvalue weighted by Gasteiger charge is -1.93. The first kappa shape index (κ1) is 7.41. The van der Waals surface area contributed by atoms with Crippen molar-refractivity contribution in [3.05, 3.63) is 29.6 Å². The second kappa shape index (κ2) is 2.92. The molecule has 0 aliphatic heterocycles. The maximum atomic E-state index is 12.2. The maximum absolute atomic E-state index is 12.2. The van der Waals surface area contributed by atoms with Crippen molar-refractivity contribution >= 4 is 11.6 Å². The van der Waals surface area contributed by atoms with Gasteiger partial charge in [-0.3, -0.25) is 0 Å². The molecular weight excluding hydrogens is 160 g/mol. The number of hydrogen-bond acceptors (Lipinski definition) is 1. The van der Waals surface area contributed by atoms with Gasteiger partial charge in [0, 0.05) is 5.88 Å². The first-order valence-electron chi connectivity index (χ1n) is 2.60. The average Bonchev–Trinajstić information content (AvgIpc) is 1.85. The van der Waals surface area contributed by atoms with Crippen LogP contribution in [0.5, 0.6) is 0 Å². The zero-order valence-electron chi connectivity index (χ0n) is 4.94. The number of halogens is 3. The van der Waals surface area contributed by atoms with Gasteiger partial charge in [0.25, 0.3) is 0 Å². The molecule has 1 nitrogen and oxygen atoms in total. The van der Waals surface area contributed by atoms with Crippen molar-refractivity contribution in [3.63, 3.8) is 0 Å². The van der Waals surface area contributed by atoms with Crippen LogP contribution in [0.4, 0.5) is 8.78 Å². The van der Waals surface area contributed by atoms with Crippen LogP contribution in [0.15, 0.2) is 12.1 Å². The highest BCUT2D eigenvalue weighted by molar-refractivity contribution is 6.17. The monoisotopic (exact) mass is 163 g/mol. The predicted octanol–water partition coefficient (Wildman–Crippen LogP) is 2.10. The fraction of sp³-hybridized carbons (Fsp3) is 0.167. The molecular formula is C6H4ClF2N. The molecule has 0 spiro atoms. The normalized spacial score (nSPS) is 9.90. The van der Waals surface area contributed by atoms with Crippen molar-refractivity contribution in [1.82, 2.24) is 4.98 Å². The highest BCUT2D eigenvalue weighted by atomic mass is 35.5. The lowest BCUT2D eigenvalue weighted by Crippen LogP contribution is -1.90. The molecule has 0 radical (unpaired) electrons. The van der Waals surface area contributed by atoms with Crippen LogP contribution >= 0.6 is 11.6 Å². The summed E-state index contributed by atoms with van der Waals surface area (Å²) in [6, 6.07) is 2.19. The third-order valence-corrected chi connectivity index (χ3v) is 1.29. The molecule has 4 heteroatoms. The van der Waals surface area contributed by atoms with Crippen molar-refractivity contribution in [1.29, 1.82) is 0 Å². The van der Waals surface area contributed by atoms with Gasteiger partial charge in [-0.25, -0.2) is 0 Å². The lowest BCUT2D eigenvalue weighted by atomic mass is 10.3. The van der Waals surface area contributed by atoms with E-state index in [1.807, 2.05) is 0 Å². The summed E-state index contributed by atoms with van der Waals surface area (Å²) in [5.41, 5.74) is 0.395. The van der Waals surface area contributed by atoms with E-state index in [-0.39, 0.29) is 5.88 Å². The molecule has 0 aliphatic rings. The molecule has 1 aromatic heterocycles. The van der Waals surface area contributed by atoms with E-state index in [9.17, 15) is 8.78 Å². The van der Waals surface area contributed by atoms with Gasteiger partial charge in [0.2, 0.25) is 11.9 Å². The van der Waals surface area contributed by atoms with Crippen molar-refractivity contribution < 1.29 is 8.78 Å². The van der Waals surface area contributed by atoms with Crippen LogP contribution in [0.1, 0.15) is 5.56 Å². The number of pyridine rings is 1. The summed E-state index contributed by atoms with van der Waals surface area (Å²) in [5.74, 6) is -1.58. The molecule has 1 rings (SSSR count). The second-order valence-electron chi connectivity index (χ2n) is 1.75.